The van der Waals surface area contributed by atoms with Crippen LogP contribution >= 0.6 is 15.9 Å². The van der Waals surface area contributed by atoms with E-state index in [1.807, 2.05) is 20.2 Å². The van der Waals surface area contributed by atoms with Gasteiger partial charge in [0.05, 0.1) is 5.56 Å². The SMILES string of the molecule is CN(C)[C@H]1CCCN(c2cccc(Br)c2C(F)F)C1. The Morgan fingerprint density at radius 2 is 2.11 bits per heavy atom. The number of nitrogens with zero attached hydrogens (tertiary/aromatic N) is 2. The van der Waals surface area contributed by atoms with Gasteiger partial charge < -0.3 is 9.80 Å². The predicted molar refractivity (Wildman–Crippen MR) is 78.0 cm³/mol. The molecule has 0 saturated carbocycles. The molecule has 1 aromatic carbocycles. The van der Waals surface area contributed by atoms with Crippen molar-refractivity contribution in [3.63, 3.8) is 0 Å². The number of alkyl halides is 2. The molecule has 0 radical (unpaired) electrons. The zero-order valence-corrected chi connectivity index (χ0v) is 12.8. The van der Waals surface area contributed by atoms with E-state index in [4.69, 9.17) is 0 Å². The Morgan fingerprint density at radius 1 is 1.37 bits per heavy atom. The van der Waals surface area contributed by atoms with Crippen LogP contribution in [0.15, 0.2) is 22.7 Å². The molecule has 1 aromatic rings. The first-order chi connectivity index (χ1) is 9.00. The molecule has 1 saturated heterocycles. The van der Waals surface area contributed by atoms with Gasteiger partial charge in [-0.05, 0) is 39.1 Å². The maximum absolute atomic E-state index is 13.2. The Kier molecular flexibility index (Phi) is 4.79. The third kappa shape index (κ3) is 3.26. The minimum absolute atomic E-state index is 0.113. The molecule has 106 valence electrons. The molecule has 2 rings (SSSR count). The average Bonchev–Trinajstić information content (AvgIpc) is 2.38. The average molecular weight is 333 g/mol. The van der Waals surface area contributed by atoms with Crippen LogP contribution in [0, 0.1) is 0 Å². The van der Waals surface area contributed by atoms with Gasteiger partial charge in [-0.25, -0.2) is 8.78 Å². The molecule has 1 atom stereocenters. The van der Waals surface area contributed by atoms with Crippen LogP contribution in [0.4, 0.5) is 14.5 Å². The molecule has 5 heteroatoms. The van der Waals surface area contributed by atoms with E-state index in [-0.39, 0.29) is 5.56 Å². The first-order valence-electron chi connectivity index (χ1n) is 6.48. The first-order valence-corrected chi connectivity index (χ1v) is 7.28. The quantitative estimate of drug-likeness (QED) is 0.827. The summed E-state index contributed by atoms with van der Waals surface area (Å²) in [6.07, 6.45) is -0.287. The Balaban J connectivity index is 2.28. The Hall–Kier alpha value is -0.680. The lowest BCUT2D eigenvalue weighted by Gasteiger charge is -2.38. The van der Waals surface area contributed by atoms with E-state index >= 15 is 0 Å². The summed E-state index contributed by atoms with van der Waals surface area (Å²) in [6.45, 7) is 1.66. The molecule has 0 spiro atoms. The van der Waals surface area contributed by atoms with Crippen molar-refractivity contribution in [3.8, 4) is 0 Å². The van der Waals surface area contributed by atoms with Crippen molar-refractivity contribution in [1.82, 2.24) is 4.90 Å². The summed E-state index contributed by atoms with van der Waals surface area (Å²) in [4.78, 5) is 4.26. The Morgan fingerprint density at radius 3 is 2.74 bits per heavy atom. The van der Waals surface area contributed by atoms with Crippen molar-refractivity contribution in [2.45, 2.75) is 25.3 Å². The van der Waals surface area contributed by atoms with E-state index in [1.165, 1.54) is 0 Å². The molecule has 1 fully saturated rings. The van der Waals surface area contributed by atoms with E-state index in [9.17, 15) is 8.78 Å². The van der Waals surface area contributed by atoms with Crippen molar-refractivity contribution < 1.29 is 8.78 Å². The summed E-state index contributed by atoms with van der Waals surface area (Å²) >= 11 is 3.24. The standard InChI is InChI=1S/C14H19BrF2N2/c1-18(2)10-5-4-8-19(9-10)12-7-3-6-11(15)13(12)14(16)17/h3,6-7,10,14H,4-5,8-9H2,1-2H3/t10-/m0/s1. The Labute approximate surface area is 121 Å². The summed E-state index contributed by atoms with van der Waals surface area (Å²) in [5, 5.41) is 0. The van der Waals surface area contributed by atoms with Crippen LogP contribution < -0.4 is 4.90 Å². The maximum Gasteiger partial charge on any atom is 0.266 e. The summed E-state index contributed by atoms with van der Waals surface area (Å²) in [5.74, 6) is 0. The number of halogens is 3. The maximum atomic E-state index is 13.2. The molecule has 1 aliphatic rings. The zero-order chi connectivity index (χ0) is 14.0. The van der Waals surface area contributed by atoms with Crippen molar-refractivity contribution in [1.29, 1.82) is 0 Å². The number of likely N-dealkylation sites (N-methyl/N-ethyl adjacent to an activating group) is 1. The monoisotopic (exact) mass is 332 g/mol. The summed E-state index contributed by atoms with van der Waals surface area (Å²) < 4.78 is 27.0. The fourth-order valence-electron chi connectivity index (χ4n) is 2.61. The van der Waals surface area contributed by atoms with Gasteiger partial charge in [-0.15, -0.1) is 0 Å². The number of rotatable bonds is 3. The van der Waals surface area contributed by atoms with Gasteiger partial charge in [0.15, 0.2) is 0 Å². The van der Waals surface area contributed by atoms with Crippen LogP contribution in [-0.2, 0) is 0 Å². The van der Waals surface area contributed by atoms with Gasteiger partial charge in [-0.2, -0.15) is 0 Å². The molecule has 0 aromatic heterocycles. The number of hydrogen-bond acceptors (Lipinski definition) is 2. The van der Waals surface area contributed by atoms with E-state index in [2.05, 4.69) is 25.7 Å². The fourth-order valence-corrected chi connectivity index (χ4v) is 3.14. The number of anilines is 1. The van der Waals surface area contributed by atoms with Crippen molar-refractivity contribution in [2.75, 3.05) is 32.1 Å². The molecule has 0 unspecified atom stereocenters. The van der Waals surface area contributed by atoms with Crippen LogP contribution in [0.25, 0.3) is 0 Å². The zero-order valence-electron chi connectivity index (χ0n) is 11.2. The number of piperidine rings is 1. The molecule has 0 N–H and O–H groups in total. The molecule has 0 bridgehead atoms. The number of hydrogen-bond donors (Lipinski definition) is 0. The highest BCUT2D eigenvalue weighted by molar-refractivity contribution is 9.10. The van der Waals surface area contributed by atoms with Gasteiger partial charge in [0.1, 0.15) is 0 Å². The molecule has 0 aliphatic carbocycles. The van der Waals surface area contributed by atoms with Gasteiger partial charge in [-0.1, -0.05) is 22.0 Å². The van der Waals surface area contributed by atoms with Crippen LogP contribution in [0.2, 0.25) is 0 Å². The molecule has 1 heterocycles. The normalized spacial score (nSPS) is 20.4. The van der Waals surface area contributed by atoms with Crippen LogP contribution in [-0.4, -0.2) is 38.1 Å². The second kappa shape index (κ2) is 6.18. The summed E-state index contributed by atoms with van der Waals surface area (Å²) in [7, 11) is 4.09. The van der Waals surface area contributed by atoms with Gasteiger partial charge in [0, 0.05) is 29.3 Å². The van der Waals surface area contributed by atoms with Gasteiger partial charge >= 0.3 is 0 Å². The molecule has 1 aliphatic heterocycles. The van der Waals surface area contributed by atoms with Gasteiger partial charge in [-0.3, -0.25) is 0 Å². The van der Waals surface area contributed by atoms with E-state index in [0.29, 0.717) is 16.2 Å². The summed E-state index contributed by atoms with van der Waals surface area (Å²) in [6, 6.07) is 5.73. The third-order valence-corrected chi connectivity index (χ3v) is 4.41. The van der Waals surface area contributed by atoms with Crippen molar-refractivity contribution in [3.05, 3.63) is 28.2 Å². The molecule has 2 nitrogen and oxygen atoms in total. The van der Waals surface area contributed by atoms with E-state index in [0.717, 1.165) is 25.9 Å². The molecular formula is C14H19BrF2N2. The number of benzene rings is 1. The third-order valence-electron chi connectivity index (χ3n) is 3.72. The largest absolute Gasteiger partial charge is 0.370 e. The van der Waals surface area contributed by atoms with Crippen molar-refractivity contribution >= 4 is 21.6 Å². The highest BCUT2D eigenvalue weighted by Gasteiger charge is 2.26. The van der Waals surface area contributed by atoms with Crippen molar-refractivity contribution in [2.24, 2.45) is 0 Å². The van der Waals surface area contributed by atoms with Gasteiger partial charge in [0.2, 0.25) is 0 Å². The second-order valence-electron chi connectivity index (χ2n) is 5.18. The van der Waals surface area contributed by atoms with Crippen LogP contribution in [0.5, 0.6) is 0 Å². The topological polar surface area (TPSA) is 6.48 Å². The highest BCUT2D eigenvalue weighted by Crippen LogP contribution is 2.37. The molecule has 0 amide bonds. The van der Waals surface area contributed by atoms with Crippen LogP contribution in [0.3, 0.4) is 0 Å². The van der Waals surface area contributed by atoms with Crippen LogP contribution in [0.1, 0.15) is 24.8 Å². The second-order valence-corrected chi connectivity index (χ2v) is 6.03. The van der Waals surface area contributed by atoms with E-state index in [1.54, 1.807) is 12.1 Å². The Bertz CT molecular complexity index is 437. The fraction of sp³-hybridized carbons (Fsp3) is 0.571. The molecular weight excluding hydrogens is 314 g/mol. The summed E-state index contributed by atoms with van der Waals surface area (Å²) in [5.41, 5.74) is 0.776. The predicted octanol–water partition coefficient (Wildman–Crippen LogP) is 3.92. The highest BCUT2D eigenvalue weighted by atomic mass is 79.9. The lowest BCUT2D eigenvalue weighted by molar-refractivity contribution is 0.150. The smallest absolute Gasteiger partial charge is 0.266 e. The molecule has 19 heavy (non-hydrogen) atoms. The van der Waals surface area contributed by atoms with Gasteiger partial charge in [0.25, 0.3) is 6.43 Å². The van der Waals surface area contributed by atoms with E-state index < -0.39 is 6.43 Å². The minimum atomic E-state index is -2.45. The lowest BCUT2D eigenvalue weighted by atomic mass is 10.0. The lowest BCUT2D eigenvalue weighted by Crippen LogP contribution is -2.45. The first kappa shape index (κ1) is 14.7. The minimum Gasteiger partial charge on any atom is -0.370 e.